The Labute approximate surface area is 272 Å². The van der Waals surface area contributed by atoms with Crippen molar-refractivity contribution in [2.75, 3.05) is 58.0 Å². The topological polar surface area (TPSA) is 208 Å². The molecular weight excluding hydrogens is 639 g/mol. The molecule has 0 aliphatic heterocycles. The molecule has 0 unspecified atom stereocenters. The number of hydrogen-bond donors (Lipinski definition) is 4. The summed E-state index contributed by atoms with van der Waals surface area (Å²) in [6, 6.07) is 0. The Morgan fingerprint density at radius 1 is 0.956 bits per heavy atom. The highest BCUT2D eigenvalue weighted by atomic mass is 35.5. The number of H-pyrrole nitrogens is 1. The number of aromatic amines is 1. The van der Waals surface area contributed by atoms with Crippen molar-refractivity contribution in [2.45, 2.75) is 53.9 Å². The molecular formula is C28H44Cl2N4O11. The standard InChI is InChI=1S/C15H25ClN2O6.C13H19ClN2O5/c1-5-22-12(19)9-11(13(20)23-6-2)24-18-14(17)15(3,4)10-21-8-7-16;1-4-21-11(19)8-9(17)10(18)16-12(15-8)13(2,3)7-20-6-5-14/h9H,5-8,10H2,1-4H3,(H2,17,18);17H,4-7H2,1-3H3,(H,15,16,18). The second-order valence-corrected chi connectivity index (χ2v) is 10.9. The van der Waals surface area contributed by atoms with Gasteiger partial charge in [-0.3, -0.25) is 10.2 Å². The normalized spacial score (nSPS) is 11.5. The summed E-state index contributed by atoms with van der Waals surface area (Å²) in [6.07, 6.45) is 0.860. The zero-order valence-electron chi connectivity index (χ0n) is 26.7. The molecule has 0 bridgehead atoms. The van der Waals surface area contributed by atoms with E-state index in [2.05, 4.69) is 15.4 Å². The van der Waals surface area contributed by atoms with Crippen LogP contribution in [0.1, 0.15) is 64.8 Å². The first-order valence-electron chi connectivity index (χ1n) is 14.0. The molecule has 1 aromatic rings. The molecule has 0 atom stereocenters. The number of alkyl halides is 2. The summed E-state index contributed by atoms with van der Waals surface area (Å²) < 4.78 is 24.9. The van der Waals surface area contributed by atoms with Gasteiger partial charge in [0.2, 0.25) is 11.5 Å². The van der Waals surface area contributed by atoms with E-state index in [1.54, 1.807) is 48.5 Å². The fourth-order valence-electron chi connectivity index (χ4n) is 2.90. The third-order valence-electron chi connectivity index (χ3n) is 5.33. The lowest BCUT2D eigenvalue weighted by Crippen LogP contribution is -2.40. The molecule has 0 radical (unpaired) electrons. The monoisotopic (exact) mass is 682 g/mol. The van der Waals surface area contributed by atoms with Crippen molar-refractivity contribution < 1.29 is 48.0 Å². The number of carbonyl (C=O) groups excluding carboxylic acids is 3. The quantitative estimate of drug-likeness (QED) is 0.0202. The van der Waals surface area contributed by atoms with Gasteiger partial charge in [-0.05, 0) is 20.8 Å². The molecule has 1 heterocycles. The molecule has 4 N–H and O–H groups in total. The number of aromatic nitrogens is 2. The first-order chi connectivity index (χ1) is 21.1. The summed E-state index contributed by atoms with van der Waals surface area (Å²) in [5, 5.41) is 17.6. The van der Waals surface area contributed by atoms with Gasteiger partial charge in [-0.25, -0.2) is 24.8 Å². The average Bonchev–Trinajstić information content (AvgIpc) is 2.97. The van der Waals surface area contributed by atoms with Crippen LogP contribution >= 0.6 is 23.2 Å². The van der Waals surface area contributed by atoms with Gasteiger partial charge < -0.3 is 38.6 Å². The number of ether oxygens (including phenoxy) is 5. The third kappa shape index (κ3) is 15.4. The number of nitrogens with one attached hydrogen (secondary N) is 3. The summed E-state index contributed by atoms with van der Waals surface area (Å²) in [5.41, 5.74) is -0.248. The maximum Gasteiger partial charge on any atom is 0.377 e. The Morgan fingerprint density at radius 2 is 1.51 bits per heavy atom. The number of rotatable bonds is 18. The van der Waals surface area contributed by atoms with E-state index in [1.807, 2.05) is 0 Å². The Kier molecular flexibility index (Phi) is 19.7. The highest BCUT2D eigenvalue weighted by Gasteiger charge is 2.29. The predicted octanol–water partition coefficient (Wildman–Crippen LogP) is 2.96. The largest absolute Gasteiger partial charge is 0.501 e. The predicted molar refractivity (Wildman–Crippen MR) is 166 cm³/mol. The van der Waals surface area contributed by atoms with E-state index in [1.165, 1.54) is 0 Å². The molecule has 256 valence electrons. The minimum absolute atomic E-state index is 0.0453. The van der Waals surface area contributed by atoms with Crippen LogP contribution in [0.3, 0.4) is 0 Å². The maximum absolute atomic E-state index is 11.8. The molecule has 15 nitrogen and oxygen atoms in total. The second-order valence-electron chi connectivity index (χ2n) is 10.1. The summed E-state index contributed by atoms with van der Waals surface area (Å²) in [5.74, 6) is -2.72. The van der Waals surface area contributed by atoms with Gasteiger partial charge in [0.1, 0.15) is 11.7 Å². The molecule has 0 aliphatic carbocycles. The minimum atomic E-state index is -0.847. The second kappa shape index (κ2) is 21.4. The van der Waals surface area contributed by atoms with Crippen molar-refractivity contribution in [2.24, 2.45) is 5.41 Å². The Bertz CT molecular complexity index is 1200. The lowest BCUT2D eigenvalue weighted by molar-refractivity contribution is -0.145. The molecule has 0 spiro atoms. The molecule has 45 heavy (non-hydrogen) atoms. The van der Waals surface area contributed by atoms with Crippen LogP contribution in [0.15, 0.2) is 16.6 Å². The third-order valence-corrected chi connectivity index (χ3v) is 5.63. The number of aromatic hydroxyl groups is 1. The maximum atomic E-state index is 11.8. The van der Waals surface area contributed by atoms with Crippen LogP contribution in [0.5, 0.6) is 5.75 Å². The lowest BCUT2D eigenvalue weighted by Gasteiger charge is -2.25. The molecule has 0 aromatic carbocycles. The highest BCUT2D eigenvalue weighted by molar-refractivity contribution is 6.18. The van der Waals surface area contributed by atoms with Crippen LogP contribution in [-0.2, 0) is 43.5 Å². The van der Waals surface area contributed by atoms with Crippen molar-refractivity contribution in [1.29, 1.82) is 5.41 Å². The number of carbonyl (C=O) groups is 3. The van der Waals surface area contributed by atoms with E-state index in [9.17, 15) is 24.3 Å². The van der Waals surface area contributed by atoms with Crippen molar-refractivity contribution >= 4 is 46.9 Å². The fourth-order valence-corrected chi connectivity index (χ4v) is 3.12. The average molecular weight is 684 g/mol. The molecule has 17 heteroatoms. The highest BCUT2D eigenvalue weighted by Crippen LogP contribution is 2.21. The zero-order valence-corrected chi connectivity index (χ0v) is 28.2. The Balaban J connectivity index is 0.000000867. The van der Waals surface area contributed by atoms with Gasteiger partial charge in [0.15, 0.2) is 5.69 Å². The van der Waals surface area contributed by atoms with Crippen molar-refractivity contribution in [3.8, 4) is 5.75 Å². The SMILES string of the molecule is CCOC(=O)C=C(ONC(=N)C(C)(C)COCCCl)C(=O)OCC.CCOC(=O)c1nc(C(C)(C)COCCCl)[nH]c(=O)c1O. The lowest BCUT2D eigenvalue weighted by atomic mass is 9.93. The van der Waals surface area contributed by atoms with E-state index in [0.29, 0.717) is 25.0 Å². The number of nitrogens with zero attached hydrogens (tertiary/aromatic N) is 1. The number of hydroxylamine groups is 1. The first-order valence-corrected chi connectivity index (χ1v) is 15.0. The molecule has 0 saturated carbocycles. The van der Waals surface area contributed by atoms with Crippen LogP contribution < -0.4 is 11.0 Å². The van der Waals surface area contributed by atoms with Crippen molar-refractivity contribution in [1.82, 2.24) is 15.4 Å². The molecule has 0 aliphatic rings. The van der Waals surface area contributed by atoms with Gasteiger partial charge in [0.25, 0.3) is 5.56 Å². The van der Waals surface area contributed by atoms with Gasteiger partial charge >= 0.3 is 17.9 Å². The van der Waals surface area contributed by atoms with Crippen molar-refractivity contribution in [3.05, 3.63) is 33.7 Å². The van der Waals surface area contributed by atoms with Gasteiger partial charge in [-0.15, -0.1) is 23.2 Å². The zero-order chi connectivity index (χ0) is 34.6. The minimum Gasteiger partial charge on any atom is -0.501 e. The number of halogens is 2. The van der Waals surface area contributed by atoms with Crippen LogP contribution in [0, 0.1) is 10.8 Å². The van der Waals surface area contributed by atoms with Crippen LogP contribution in [0.4, 0.5) is 0 Å². The van der Waals surface area contributed by atoms with Crippen LogP contribution in [-0.4, -0.2) is 96.8 Å². The van der Waals surface area contributed by atoms with E-state index in [0.717, 1.165) is 6.08 Å². The molecule has 0 amide bonds. The summed E-state index contributed by atoms with van der Waals surface area (Å²) >= 11 is 11.1. The summed E-state index contributed by atoms with van der Waals surface area (Å²) in [4.78, 5) is 58.2. The van der Waals surface area contributed by atoms with E-state index in [-0.39, 0.29) is 44.7 Å². The molecule has 0 fully saturated rings. The van der Waals surface area contributed by atoms with Gasteiger partial charge in [0, 0.05) is 22.6 Å². The van der Waals surface area contributed by atoms with Crippen LogP contribution in [0.2, 0.25) is 0 Å². The smallest absolute Gasteiger partial charge is 0.377 e. The molecule has 1 rings (SSSR count). The molecule has 0 saturated heterocycles. The van der Waals surface area contributed by atoms with E-state index < -0.39 is 51.5 Å². The van der Waals surface area contributed by atoms with Gasteiger partial charge in [-0.1, -0.05) is 27.7 Å². The summed E-state index contributed by atoms with van der Waals surface area (Å²) in [6.45, 7) is 13.5. The Morgan fingerprint density at radius 3 is 2.04 bits per heavy atom. The van der Waals surface area contributed by atoms with Gasteiger partial charge in [-0.2, -0.15) is 0 Å². The van der Waals surface area contributed by atoms with E-state index in [4.69, 9.17) is 57.1 Å². The first kappa shape index (κ1) is 41.6. The Hall–Kier alpha value is -3.40. The van der Waals surface area contributed by atoms with Crippen molar-refractivity contribution in [3.63, 3.8) is 0 Å². The number of esters is 3. The van der Waals surface area contributed by atoms with E-state index >= 15 is 0 Å². The fraction of sp³-hybridized carbons (Fsp3) is 0.643. The number of amidine groups is 1. The number of hydrogen-bond acceptors (Lipinski definition) is 13. The van der Waals surface area contributed by atoms with Crippen LogP contribution in [0.25, 0.3) is 0 Å². The summed E-state index contributed by atoms with van der Waals surface area (Å²) in [7, 11) is 0. The molecule has 1 aromatic heterocycles. The van der Waals surface area contributed by atoms with Gasteiger partial charge in [0.05, 0.1) is 52.3 Å².